The first kappa shape index (κ1) is 18.4. The summed E-state index contributed by atoms with van der Waals surface area (Å²) in [4.78, 5) is 18.0. The molecule has 2 aromatic heterocycles. The van der Waals surface area contributed by atoms with E-state index >= 15 is 0 Å². The minimum absolute atomic E-state index is 0. The highest BCUT2D eigenvalue weighted by molar-refractivity contribution is 7.13. The number of hydrogen-bond donors (Lipinski definition) is 2. The zero-order valence-electron chi connectivity index (χ0n) is 14.0. The van der Waals surface area contributed by atoms with Crippen molar-refractivity contribution in [3.63, 3.8) is 0 Å². The van der Waals surface area contributed by atoms with Gasteiger partial charge < -0.3 is 15.5 Å². The molecule has 0 radical (unpaired) electrons. The van der Waals surface area contributed by atoms with Gasteiger partial charge in [-0.15, -0.1) is 23.7 Å². The van der Waals surface area contributed by atoms with Crippen LogP contribution in [0.25, 0.3) is 10.8 Å². The molecule has 2 atom stereocenters. The first-order chi connectivity index (χ1) is 11.7. The van der Waals surface area contributed by atoms with Crippen LogP contribution in [-0.4, -0.2) is 16.9 Å². The largest absolute Gasteiger partial charge is 0.443 e. The number of hydrogen-bond acceptors (Lipinski definition) is 5. The number of aromatic nitrogens is 1. The molecule has 2 aliphatic carbocycles. The Hall–Kier alpha value is -1.37. The van der Waals surface area contributed by atoms with Gasteiger partial charge in [-0.2, -0.15) is 0 Å². The van der Waals surface area contributed by atoms with E-state index in [1.54, 1.807) is 17.6 Å². The molecule has 1 amide bonds. The van der Waals surface area contributed by atoms with Crippen LogP contribution in [0.2, 0.25) is 0 Å². The lowest BCUT2D eigenvalue weighted by molar-refractivity contribution is -0.128. The number of nitrogens with one attached hydrogen (secondary N) is 1. The number of carbonyl (C=O) groups excluding carboxylic acids is 1. The third-order valence-electron chi connectivity index (χ3n) is 5.51. The predicted octanol–water partition coefficient (Wildman–Crippen LogP) is 3.59. The molecule has 2 heterocycles. The van der Waals surface area contributed by atoms with E-state index in [-0.39, 0.29) is 24.2 Å². The van der Waals surface area contributed by atoms with E-state index < -0.39 is 0 Å². The van der Waals surface area contributed by atoms with Gasteiger partial charge in [-0.3, -0.25) is 4.79 Å². The van der Waals surface area contributed by atoms with Crippen molar-refractivity contribution in [2.24, 2.45) is 23.5 Å². The maximum absolute atomic E-state index is 12.5. The van der Waals surface area contributed by atoms with Crippen LogP contribution in [0.15, 0.2) is 28.2 Å². The summed E-state index contributed by atoms with van der Waals surface area (Å²) in [6, 6.07) is 4.24. The van der Waals surface area contributed by atoms with E-state index in [0.29, 0.717) is 30.3 Å². The third-order valence-corrected chi connectivity index (χ3v) is 6.37. The van der Waals surface area contributed by atoms with Crippen LogP contribution in [0.3, 0.4) is 0 Å². The molecule has 2 unspecified atom stereocenters. The van der Waals surface area contributed by atoms with E-state index in [1.807, 2.05) is 17.5 Å². The number of thiophene rings is 1. The maximum Gasteiger partial charge on any atom is 0.236 e. The molecule has 2 aromatic rings. The lowest BCUT2D eigenvalue weighted by atomic mass is 9.65. The highest BCUT2D eigenvalue weighted by atomic mass is 35.5. The topological polar surface area (TPSA) is 81.2 Å². The molecule has 0 spiro atoms. The zero-order chi connectivity index (χ0) is 16.5. The average molecular weight is 382 g/mol. The third kappa shape index (κ3) is 3.91. The van der Waals surface area contributed by atoms with Crippen molar-refractivity contribution in [2.45, 2.75) is 44.7 Å². The van der Waals surface area contributed by atoms with Crippen LogP contribution < -0.4 is 11.1 Å². The predicted molar refractivity (Wildman–Crippen MR) is 100 cm³/mol. The summed E-state index contributed by atoms with van der Waals surface area (Å²) < 4.78 is 5.49. The number of oxazole rings is 1. The fraction of sp³-hybridized carbons (Fsp3) is 0.556. The van der Waals surface area contributed by atoms with Crippen molar-refractivity contribution in [2.75, 3.05) is 0 Å². The van der Waals surface area contributed by atoms with Gasteiger partial charge in [-0.25, -0.2) is 4.98 Å². The van der Waals surface area contributed by atoms with Crippen LogP contribution in [0, 0.1) is 17.8 Å². The van der Waals surface area contributed by atoms with Crippen molar-refractivity contribution >= 4 is 29.7 Å². The average Bonchev–Trinajstić information content (AvgIpc) is 3.23. The van der Waals surface area contributed by atoms with Crippen molar-refractivity contribution in [3.8, 4) is 10.8 Å². The zero-order valence-corrected chi connectivity index (χ0v) is 15.7. The molecule has 7 heteroatoms. The van der Waals surface area contributed by atoms with Crippen LogP contribution in [0.1, 0.15) is 37.8 Å². The van der Waals surface area contributed by atoms with Crippen LogP contribution in [0.5, 0.6) is 0 Å². The van der Waals surface area contributed by atoms with Gasteiger partial charge in [0, 0.05) is 12.0 Å². The summed E-state index contributed by atoms with van der Waals surface area (Å²) in [7, 11) is 0. The SMILES string of the molecule is Cl.NC1C2CCCC1CC(C(=O)NCc1coc(-c3cccs3)n1)C2. The Labute approximate surface area is 157 Å². The van der Waals surface area contributed by atoms with E-state index in [9.17, 15) is 4.79 Å². The molecule has 25 heavy (non-hydrogen) atoms. The second kappa shape index (κ2) is 7.89. The fourth-order valence-corrected chi connectivity index (χ4v) is 4.88. The van der Waals surface area contributed by atoms with E-state index in [1.165, 1.54) is 19.3 Å². The smallest absolute Gasteiger partial charge is 0.236 e. The van der Waals surface area contributed by atoms with Crippen molar-refractivity contribution in [1.29, 1.82) is 0 Å². The number of fused-ring (bicyclic) bond motifs is 2. The fourth-order valence-electron chi connectivity index (χ4n) is 4.23. The highest BCUT2D eigenvalue weighted by Crippen LogP contribution is 2.41. The Bertz CT molecular complexity index is 689. The molecule has 2 saturated carbocycles. The van der Waals surface area contributed by atoms with Crippen LogP contribution >= 0.6 is 23.7 Å². The quantitative estimate of drug-likeness (QED) is 0.847. The summed E-state index contributed by atoms with van der Waals surface area (Å²) in [5.74, 6) is 1.90. The number of rotatable bonds is 4. The second-order valence-corrected chi connectivity index (χ2v) is 7.98. The molecule has 2 aliphatic rings. The number of amides is 1. The summed E-state index contributed by atoms with van der Waals surface area (Å²) in [5.41, 5.74) is 7.07. The Balaban J connectivity index is 0.00000182. The van der Waals surface area contributed by atoms with Gasteiger partial charge in [0.15, 0.2) is 0 Å². The summed E-state index contributed by atoms with van der Waals surface area (Å²) in [5, 5.41) is 5.02. The molecular formula is C18H24ClN3O2S. The number of halogens is 1. The van der Waals surface area contributed by atoms with Crippen LogP contribution in [-0.2, 0) is 11.3 Å². The minimum atomic E-state index is 0. The second-order valence-electron chi connectivity index (χ2n) is 7.04. The molecule has 4 rings (SSSR count). The van der Waals surface area contributed by atoms with Crippen molar-refractivity contribution < 1.29 is 9.21 Å². The van der Waals surface area contributed by atoms with Gasteiger partial charge in [-0.05, 0) is 49.0 Å². The Kier molecular flexibility index (Phi) is 5.81. The highest BCUT2D eigenvalue weighted by Gasteiger charge is 2.40. The number of nitrogens with two attached hydrogens (primary N) is 1. The maximum atomic E-state index is 12.5. The normalized spacial score (nSPS) is 28.2. The molecule has 3 N–H and O–H groups in total. The Morgan fingerprint density at radius 2 is 2.12 bits per heavy atom. The van der Waals surface area contributed by atoms with Gasteiger partial charge in [0.05, 0.1) is 17.1 Å². The van der Waals surface area contributed by atoms with Gasteiger partial charge in [0.1, 0.15) is 6.26 Å². The Morgan fingerprint density at radius 1 is 1.36 bits per heavy atom. The van der Waals surface area contributed by atoms with Gasteiger partial charge in [0.25, 0.3) is 0 Å². The lowest BCUT2D eigenvalue weighted by Gasteiger charge is -2.43. The standard InChI is InChI=1S/C18H23N3O2S.ClH/c19-16-11-3-1-4-12(16)8-13(7-11)17(22)20-9-14-10-23-18(21-14)15-5-2-6-24-15;/h2,5-6,10-13,16H,1,3-4,7-9,19H2,(H,20,22);1H. The van der Waals surface area contributed by atoms with Gasteiger partial charge >= 0.3 is 0 Å². The molecule has 0 aromatic carbocycles. The molecule has 2 fully saturated rings. The monoisotopic (exact) mass is 381 g/mol. The van der Waals surface area contributed by atoms with Gasteiger partial charge in [-0.1, -0.05) is 12.5 Å². The molecule has 0 aliphatic heterocycles. The first-order valence-corrected chi connectivity index (χ1v) is 9.60. The van der Waals surface area contributed by atoms with Crippen molar-refractivity contribution in [1.82, 2.24) is 10.3 Å². The minimum Gasteiger partial charge on any atom is -0.443 e. The Morgan fingerprint density at radius 3 is 2.80 bits per heavy atom. The lowest BCUT2D eigenvalue weighted by Crippen LogP contribution is -2.49. The number of carbonyl (C=O) groups is 1. The molecule has 2 bridgehead atoms. The molecular weight excluding hydrogens is 358 g/mol. The van der Waals surface area contributed by atoms with E-state index in [0.717, 1.165) is 23.4 Å². The van der Waals surface area contributed by atoms with Gasteiger partial charge in [0.2, 0.25) is 11.8 Å². The summed E-state index contributed by atoms with van der Waals surface area (Å²) in [6.45, 7) is 0.422. The number of nitrogens with zero attached hydrogens (tertiary/aromatic N) is 1. The van der Waals surface area contributed by atoms with Crippen molar-refractivity contribution in [3.05, 3.63) is 29.5 Å². The first-order valence-electron chi connectivity index (χ1n) is 8.72. The summed E-state index contributed by atoms with van der Waals surface area (Å²) in [6.07, 6.45) is 7.11. The van der Waals surface area contributed by atoms with E-state index in [2.05, 4.69) is 10.3 Å². The molecule has 5 nitrogen and oxygen atoms in total. The molecule has 0 saturated heterocycles. The summed E-state index contributed by atoms with van der Waals surface area (Å²) >= 11 is 1.59. The van der Waals surface area contributed by atoms with Crippen LogP contribution in [0.4, 0.5) is 0 Å². The molecule has 136 valence electrons. The van der Waals surface area contributed by atoms with E-state index in [4.69, 9.17) is 10.2 Å².